The van der Waals surface area contributed by atoms with Crippen LogP contribution < -0.4 is 4.74 Å². The van der Waals surface area contributed by atoms with Gasteiger partial charge in [0.1, 0.15) is 11.8 Å². The van der Waals surface area contributed by atoms with Crippen molar-refractivity contribution in [3.63, 3.8) is 0 Å². The number of aromatic carboxylic acids is 1. The number of Topliss-reactive ketones (excluding diaryl/α,β-unsaturated/α-hetero) is 1. The molecule has 2 aliphatic heterocycles. The fourth-order valence-corrected chi connectivity index (χ4v) is 5.23. The highest BCUT2D eigenvalue weighted by Gasteiger charge is 2.42. The molecule has 1 N–H and O–H groups in total. The molecule has 0 aliphatic carbocycles. The van der Waals surface area contributed by atoms with Crippen molar-refractivity contribution in [1.82, 2.24) is 4.90 Å². The summed E-state index contributed by atoms with van der Waals surface area (Å²) in [6, 6.07) is 15.0. The summed E-state index contributed by atoms with van der Waals surface area (Å²) in [7, 11) is 1.55. The van der Waals surface area contributed by atoms with E-state index in [1.54, 1.807) is 37.4 Å². The lowest BCUT2D eigenvalue weighted by atomic mass is 9.87. The quantitative estimate of drug-likeness (QED) is 0.460. The summed E-state index contributed by atoms with van der Waals surface area (Å²) in [6.07, 6.45) is -0.567. The number of oxime groups is 1. The van der Waals surface area contributed by atoms with Crippen LogP contribution in [0.1, 0.15) is 45.1 Å². The smallest absolute Gasteiger partial charge is 0.335 e. The number of methoxy groups -OCH3 is 1. The minimum atomic E-state index is -1.06. The van der Waals surface area contributed by atoms with Crippen molar-refractivity contribution < 1.29 is 33.5 Å². The number of carboxylic acids is 1. The Kier molecular flexibility index (Phi) is 7.34. The van der Waals surface area contributed by atoms with Gasteiger partial charge in [0.05, 0.1) is 23.4 Å². The van der Waals surface area contributed by atoms with Crippen molar-refractivity contribution in [3.8, 4) is 5.75 Å². The van der Waals surface area contributed by atoms with Crippen LogP contribution in [0.2, 0.25) is 5.02 Å². The molecular weight excluding hydrogens is 527 g/mol. The maximum absolute atomic E-state index is 14.6. The van der Waals surface area contributed by atoms with E-state index >= 15 is 0 Å². The van der Waals surface area contributed by atoms with Gasteiger partial charge in [-0.1, -0.05) is 47.1 Å². The predicted molar refractivity (Wildman–Crippen MR) is 141 cm³/mol. The predicted octanol–water partition coefficient (Wildman–Crippen LogP) is 4.62. The molecule has 10 heteroatoms. The van der Waals surface area contributed by atoms with E-state index in [1.165, 1.54) is 29.2 Å². The number of hydrogen-bond acceptors (Lipinski definition) is 6. The van der Waals surface area contributed by atoms with Crippen molar-refractivity contribution in [3.05, 3.63) is 99.3 Å². The molecule has 0 fully saturated rings. The lowest BCUT2D eigenvalue weighted by Crippen LogP contribution is -2.48. The Balaban J connectivity index is 1.42. The van der Waals surface area contributed by atoms with Gasteiger partial charge in [-0.05, 0) is 47.9 Å². The molecule has 0 spiro atoms. The van der Waals surface area contributed by atoms with Gasteiger partial charge in [0.15, 0.2) is 11.6 Å². The minimum absolute atomic E-state index is 0.0218. The van der Waals surface area contributed by atoms with Gasteiger partial charge in [-0.25, -0.2) is 9.18 Å². The lowest BCUT2D eigenvalue weighted by Gasteiger charge is -2.37. The Morgan fingerprint density at radius 1 is 1.13 bits per heavy atom. The summed E-state index contributed by atoms with van der Waals surface area (Å²) in [5.41, 5.74) is 2.64. The average molecular weight is 551 g/mol. The molecule has 5 rings (SSSR count). The second-order valence-corrected chi connectivity index (χ2v) is 9.70. The zero-order valence-electron chi connectivity index (χ0n) is 20.9. The van der Waals surface area contributed by atoms with Gasteiger partial charge in [-0.15, -0.1) is 0 Å². The van der Waals surface area contributed by atoms with E-state index < -0.39 is 29.8 Å². The second-order valence-electron chi connectivity index (χ2n) is 9.29. The van der Waals surface area contributed by atoms with E-state index in [0.29, 0.717) is 23.3 Å². The van der Waals surface area contributed by atoms with Crippen LogP contribution in [0.3, 0.4) is 0 Å². The molecule has 0 aromatic heterocycles. The van der Waals surface area contributed by atoms with Gasteiger partial charge in [0.25, 0.3) is 5.91 Å². The molecule has 3 aromatic carbocycles. The van der Waals surface area contributed by atoms with Crippen LogP contribution in [0.25, 0.3) is 0 Å². The molecule has 0 saturated carbocycles. The molecule has 200 valence electrons. The number of halogens is 2. The SMILES string of the molecule is COc1cccc2c1CCN(C(=O)[C@H]1CC(c3cccc(Cl)c3F)=NO1)[C@@H]2C(=O)Cc1ccc(C(=O)O)cc1. The van der Waals surface area contributed by atoms with Gasteiger partial charge < -0.3 is 19.6 Å². The Morgan fingerprint density at radius 2 is 1.87 bits per heavy atom. The van der Waals surface area contributed by atoms with E-state index in [1.807, 2.05) is 6.07 Å². The van der Waals surface area contributed by atoms with Crippen molar-refractivity contribution in [2.75, 3.05) is 13.7 Å². The Bertz CT molecular complexity index is 1490. The molecule has 2 atom stereocenters. The van der Waals surface area contributed by atoms with Crippen LogP contribution in [0.4, 0.5) is 4.39 Å². The first-order valence-electron chi connectivity index (χ1n) is 12.3. The normalized spacial score (nSPS) is 18.1. The monoisotopic (exact) mass is 550 g/mol. The number of carbonyl (C=O) groups is 3. The van der Waals surface area contributed by atoms with E-state index in [2.05, 4.69) is 5.16 Å². The number of benzene rings is 3. The number of rotatable bonds is 7. The van der Waals surface area contributed by atoms with E-state index in [-0.39, 0.29) is 47.0 Å². The molecule has 0 saturated heterocycles. The van der Waals surface area contributed by atoms with Crippen LogP contribution in [0, 0.1) is 5.82 Å². The molecule has 2 heterocycles. The Morgan fingerprint density at radius 3 is 2.59 bits per heavy atom. The number of carboxylic acid groups (broad SMARTS) is 1. The highest BCUT2D eigenvalue weighted by Crippen LogP contribution is 2.37. The third-order valence-corrected chi connectivity index (χ3v) is 7.26. The zero-order chi connectivity index (χ0) is 27.7. The fourth-order valence-electron chi connectivity index (χ4n) is 5.06. The van der Waals surface area contributed by atoms with Crippen molar-refractivity contribution in [2.24, 2.45) is 5.16 Å². The van der Waals surface area contributed by atoms with Crippen molar-refractivity contribution >= 4 is 35.0 Å². The third kappa shape index (κ3) is 5.09. The molecule has 2 aliphatic rings. The van der Waals surface area contributed by atoms with Crippen LogP contribution in [0.5, 0.6) is 5.75 Å². The lowest BCUT2D eigenvalue weighted by molar-refractivity contribution is -0.149. The standard InChI is InChI=1S/C29H24ClFN2O6/c1-38-24-7-3-4-19-18(24)12-13-33(27(19)23(34)14-16-8-10-17(11-9-16)29(36)37)28(35)25-15-22(32-39-25)20-5-2-6-21(30)26(20)31/h2-11,25,27H,12-15H2,1H3,(H,36,37)/t25-,27+/m1/s1. The maximum atomic E-state index is 14.6. The third-order valence-electron chi connectivity index (χ3n) is 6.97. The van der Waals surface area contributed by atoms with Crippen LogP contribution in [0.15, 0.2) is 65.8 Å². The van der Waals surface area contributed by atoms with Gasteiger partial charge >= 0.3 is 5.97 Å². The average Bonchev–Trinajstić information content (AvgIpc) is 3.43. The molecule has 0 unspecified atom stereocenters. The molecule has 0 radical (unpaired) electrons. The van der Waals surface area contributed by atoms with Crippen LogP contribution in [-0.4, -0.2) is 53.1 Å². The number of amides is 1. The molecule has 1 amide bonds. The molecule has 0 bridgehead atoms. The molecular formula is C29H24ClFN2O6. The summed E-state index contributed by atoms with van der Waals surface area (Å²) in [4.78, 5) is 45.6. The zero-order valence-corrected chi connectivity index (χ0v) is 21.7. The van der Waals surface area contributed by atoms with E-state index in [4.69, 9.17) is 26.3 Å². The molecule has 39 heavy (non-hydrogen) atoms. The molecule has 3 aromatic rings. The fraction of sp³-hybridized carbons (Fsp3) is 0.241. The molecule has 8 nitrogen and oxygen atoms in total. The van der Waals surface area contributed by atoms with Gasteiger partial charge in [-0.3, -0.25) is 9.59 Å². The highest BCUT2D eigenvalue weighted by atomic mass is 35.5. The Hall–Kier alpha value is -4.24. The second kappa shape index (κ2) is 10.9. The van der Waals surface area contributed by atoms with Crippen molar-refractivity contribution in [1.29, 1.82) is 0 Å². The van der Waals surface area contributed by atoms with Crippen LogP contribution in [-0.2, 0) is 27.3 Å². The number of hydrogen-bond donors (Lipinski definition) is 1. The number of ether oxygens (including phenoxy) is 1. The number of nitrogens with zero attached hydrogens (tertiary/aromatic N) is 2. The first kappa shape index (κ1) is 26.4. The first-order valence-corrected chi connectivity index (χ1v) is 12.6. The first-order chi connectivity index (χ1) is 18.8. The number of ketones is 1. The summed E-state index contributed by atoms with van der Waals surface area (Å²) in [6.45, 7) is 0.237. The minimum Gasteiger partial charge on any atom is -0.496 e. The van der Waals surface area contributed by atoms with E-state index in [9.17, 15) is 18.8 Å². The summed E-state index contributed by atoms with van der Waals surface area (Å²) < 4.78 is 20.1. The van der Waals surface area contributed by atoms with Crippen LogP contribution >= 0.6 is 11.6 Å². The van der Waals surface area contributed by atoms with Crippen molar-refractivity contribution in [2.45, 2.75) is 31.4 Å². The largest absolute Gasteiger partial charge is 0.496 e. The van der Waals surface area contributed by atoms with Gasteiger partial charge in [0.2, 0.25) is 6.10 Å². The van der Waals surface area contributed by atoms with E-state index in [0.717, 1.165) is 5.56 Å². The number of carbonyl (C=O) groups excluding carboxylic acids is 2. The summed E-state index contributed by atoms with van der Waals surface area (Å²) in [5, 5.41) is 13.1. The van der Waals surface area contributed by atoms with Gasteiger partial charge in [-0.2, -0.15) is 0 Å². The van der Waals surface area contributed by atoms with Gasteiger partial charge in [0, 0.05) is 30.5 Å². The maximum Gasteiger partial charge on any atom is 0.335 e. The summed E-state index contributed by atoms with van der Waals surface area (Å²) in [5.74, 6) is -1.77. The number of fused-ring (bicyclic) bond motifs is 1. The summed E-state index contributed by atoms with van der Waals surface area (Å²) >= 11 is 5.91. The topological polar surface area (TPSA) is 105 Å². The highest BCUT2D eigenvalue weighted by molar-refractivity contribution is 6.31. The Labute approximate surface area is 228 Å².